The van der Waals surface area contributed by atoms with Gasteiger partial charge in [0.25, 0.3) is 0 Å². The number of hydrogen-bond donors (Lipinski definition) is 0. The highest BCUT2D eigenvalue weighted by Gasteiger charge is 2.19. The predicted molar refractivity (Wildman–Crippen MR) is 357 cm³/mol. The van der Waals surface area contributed by atoms with Crippen LogP contribution in [0.5, 0.6) is 0 Å². The number of unbranched alkanes of at least 4 members (excludes halogenated alkanes) is 31. The highest BCUT2D eigenvalue weighted by molar-refractivity contribution is 5.71. The number of allylic oxidation sites excluding steroid dienone is 20. The average Bonchev–Trinajstić information content (AvgIpc) is 3.47. The van der Waals surface area contributed by atoms with E-state index in [1.54, 1.807) is 0 Å². The minimum absolute atomic E-state index is 0.106. The SMILES string of the molecule is CC/C=C\C/C=C\C/C=C\C/C=C\C/C=C\CCCC(=O)OC(COC(=O)CCCCCCC/C=C\C/C=C\CCCCCC)COC(=O)CCCCCCCCCCCCCCCCCC/C=C\C/C=C\C/C=C\CCCCCCC. The van der Waals surface area contributed by atoms with Crippen LogP contribution in [0.15, 0.2) is 122 Å². The number of hydrogen-bond acceptors (Lipinski definition) is 6. The van der Waals surface area contributed by atoms with Gasteiger partial charge in [0.2, 0.25) is 0 Å². The van der Waals surface area contributed by atoms with Gasteiger partial charge in [-0.15, -0.1) is 0 Å². The van der Waals surface area contributed by atoms with E-state index in [9.17, 15) is 14.4 Å². The first kappa shape index (κ1) is 77.8. The lowest BCUT2D eigenvalue weighted by Crippen LogP contribution is -2.30. The lowest BCUT2D eigenvalue weighted by molar-refractivity contribution is -0.167. The summed E-state index contributed by atoms with van der Waals surface area (Å²) >= 11 is 0. The van der Waals surface area contributed by atoms with Crippen molar-refractivity contribution in [3.05, 3.63) is 122 Å². The Hall–Kier alpha value is -4.19. The van der Waals surface area contributed by atoms with Gasteiger partial charge in [0.05, 0.1) is 0 Å². The minimum Gasteiger partial charge on any atom is -0.462 e. The third-order valence-electron chi connectivity index (χ3n) is 14.7. The monoisotopic (exact) mass is 1140 g/mol. The molecule has 6 heteroatoms. The largest absolute Gasteiger partial charge is 0.462 e. The van der Waals surface area contributed by atoms with E-state index in [1.807, 2.05) is 0 Å². The molecule has 0 fully saturated rings. The van der Waals surface area contributed by atoms with Gasteiger partial charge in [-0.05, 0) is 128 Å². The summed E-state index contributed by atoms with van der Waals surface area (Å²) in [4.78, 5) is 38.4. The van der Waals surface area contributed by atoms with E-state index < -0.39 is 6.10 Å². The van der Waals surface area contributed by atoms with E-state index in [-0.39, 0.29) is 37.5 Å². The van der Waals surface area contributed by atoms with Crippen LogP contribution in [0.25, 0.3) is 0 Å². The molecular formula is C76H128O6. The molecule has 0 radical (unpaired) electrons. The molecule has 0 aromatic rings. The maximum Gasteiger partial charge on any atom is 0.306 e. The van der Waals surface area contributed by atoms with Crippen molar-refractivity contribution < 1.29 is 28.6 Å². The zero-order chi connectivity index (χ0) is 59.2. The molecule has 0 bridgehead atoms. The second-order valence-electron chi connectivity index (χ2n) is 22.7. The Kier molecular flexibility index (Phi) is 65.8. The average molecular weight is 1140 g/mol. The molecule has 468 valence electrons. The lowest BCUT2D eigenvalue weighted by atomic mass is 10.0. The smallest absolute Gasteiger partial charge is 0.306 e. The topological polar surface area (TPSA) is 78.9 Å². The molecule has 1 unspecified atom stereocenters. The highest BCUT2D eigenvalue weighted by Crippen LogP contribution is 2.16. The standard InChI is InChI=1S/C76H128O6/c1-4-7-10-13-16-19-22-25-28-31-32-33-34-35-36-37-38-39-40-41-42-43-44-46-48-51-54-57-60-63-66-69-75(78)81-72-73(71-80-74(77)68-65-62-59-56-53-50-47-30-27-24-21-18-15-12-9-6-3)82-76(79)70-67-64-61-58-55-52-49-45-29-26-23-20-17-14-11-8-5-2/h8,11,17,20-22,24-26,29-32,34-35,47,49,52,58,61,73H,4-7,9-10,12-16,18-19,23,27-28,33,36-46,48,50-51,53-57,59-60,62-72H2,1-3H3/b11-8-,20-17-,24-21-,25-22-,29-26-,32-31-,35-34-,47-30-,52-49-,61-58-. The predicted octanol–water partition coefficient (Wildman–Crippen LogP) is 23.9. The maximum atomic E-state index is 12.9. The van der Waals surface area contributed by atoms with Crippen LogP contribution in [-0.2, 0) is 28.6 Å². The zero-order valence-corrected chi connectivity index (χ0v) is 53.7. The first-order chi connectivity index (χ1) is 40.5. The Morgan fingerprint density at radius 1 is 0.256 bits per heavy atom. The normalized spacial score (nSPS) is 12.9. The molecule has 0 aromatic carbocycles. The Bertz CT molecular complexity index is 1690. The zero-order valence-electron chi connectivity index (χ0n) is 53.7. The van der Waals surface area contributed by atoms with E-state index in [4.69, 9.17) is 14.2 Å². The Balaban J connectivity index is 4.31. The van der Waals surface area contributed by atoms with Crippen LogP contribution in [-0.4, -0.2) is 37.2 Å². The maximum absolute atomic E-state index is 12.9. The quantitative estimate of drug-likeness (QED) is 0.0261. The van der Waals surface area contributed by atoms with Crippen molar-refractivity contribution in [3.8, 4) is 0 Å². The van der Waals surface area contributed by atoms with Gasteiger partial charge in [-0.25, -0.2) is 0 Å². The van der Waals surface area contributed by atoms with Crippen molar-refractivity contribution in [1.29, 1.82) is 0 Å². The number of carbonyl (C=O) groups excluding carboxylic acids is 3. The van der Waals surface area contributed by atoms with E-state index in [0.29, 0.717) is 19.3 Å². The number of ether oxygens (including phenoxy) is 3. The van der Waals surface area contributed by atoms with Gasteiger partial charge in [-0.2, -0.15) is 0 Å². The van der Waals surface area contributed by atoms with Crippen LogP contribution in [0.3, 0.4) is 0 Å². The molecule has 0 saturated heterocycles. The van der Waals surface area contributed by atoms with Gasteiger partial charge in [-0.3, -0.25) is 14.4 Å². The lowest BCUT2D eigenvalue weighted by Gasteiger charge is -2.18. The van der Waals surface area contributed by atoms with Crippen LogP contribution in [0.2, 0.25) is 0 Å². The molecule has 0 rings (SSSR count). The molecule has 6 nitrogen and oxygen atoms in total. The van der Waals surface area contributed by atoms with Gasteiger partial charge in [0, 0.05) is 19.3 Å². The van der Waals surface area contributed by atoms with E-state index in [1.165, 1.54) is 161 Å². The summed E-state index contributed by atoms with van der Waals surface area (Å²) in [5, 5.41) is 0. The number of carbonyl (C=O) groups is 3. The van der Waals surface area contributed by atoms with Crippen molar-refractivity contribution in [1.82, 2.24) is 0 Å². The third-order valence-corrected chi connectivity index (χ3v) is 14.7. The van der Waals surface area contributed by atoms with Crippen LogP contribution >= 0.6 is 0 Å². The second kappa shape index (κ2) is 69.3. The first-order valence-electron chi connectivity index (χ1n) is 34.5. The molecule has 1 atom stereocenters. The molecule has 0 spiro atoms. The van der Waals surface area contributed by atoms with Gasteiger partial charge < -0.3 is 14.2 Å². The molecular weight excluding hydrogens is 1010 g/mol. The summed E-state index contributed by atoms with van der Waals surface area (Å²) < 4.78 is 16.9. The summed E-state index contributed by atoms with van der Waals surface area (Å²) in [6.07, 6.45) is 96.6. The van der Waals surface area contributed by atoms with Gasteiger partial charge in [0.15, 0.2) is 6.10 Å². The van der Waals surface area contributed by atoms with Gasteiger partial charge in [-0.1, -0.05) is 296 Å². The molecule has 82 heavy (non-hydrogen) atoms. The molecule has 0 aliphatic heterocycles. The fourth-order valence-corrected chi connectivity index (χ4v) is 9.52. The molecule has 0 heterocycles. The minimum atomic E-state index is -0.818. The third kappa shape index (κ3) is 66.6. The van der Waals surface area contributed by atoms with E-state index >= 15 is 0 Å². The van der Waals surface area contributed by atoms with Crippen molar-refractivity contribution in [2.45, 2.75) is 329 Å². The Morgan fingerprint density at radius 2 is 0.488 bits per heavy atom. The fourth-order valence-electron chi connectivity index (χ4n) is 9.52. The summed E-state index contributed by atoms with van der Waals surface area (Å²) in [5.41, 5.74) is 0. The summed E-state index contributed by atoms with van der Waals surface area (Å²) in [5.74, 6) is -0.971. The van der Waals surface area contributed by atoms with Crippen molar-refractivity contribution >= 4 is 17.9 Å². The van der Waals surface area contributed by atoms with Crippen molar-refractivity contribution in [2.75, 3.05) is 13.2 Å². The van der Waals surface area contributed by atoms with Crippen molar-refractivity contribution in [2.24, 2.45) is 0 Å². The molecule has 0 aliphatic rings. The van der Waals surface area contributed by atoms with Crippen molar-refractivity contribution in [3.63, 3.8) is 0 Å². The molecule has 0 aliphatic carbocycles. The highest BCUT2D eigenvalue weighted by atomic mass is 16.6. The van der Waals surface area contributed by atoms with Gasteiger partial charge in [0.1, 0.15) is 13.2 Å². The van der Waals surface area contributed by atoms with Gasteiger partial charge >= 0.3 is 17.9 Å². The summed E-state index contributed by atoms with van der Waals surface area (Å²) in [7, 11) is 0. The Labute approximate surface area is 507 Å². The molecule has 0 aromatic heterocycles. The van der Waals surface area contributed by atoms with E-state index in [2.05, 4.69) is 142 Å². The van der Waals surface area contributed by atoms with E-state index in [0.717, 1.165) is 116 Å². The molecule has 0 N–H and O–H groups in total. The number of esters is 3. The molecule has 0 saturated carbocycles. The second-order valence-corrected chi connectivity index (χ2v) is 22.7. The summed E-state index contributed by atoms with van der Waals surface area (Å²) in [6, 6.07) is 0. The fraction of sp³-hybridized carbons (Fsp3) is 0.697. The summed E-state index contributed by atoms with van der Waals surface area (Å²) in [6.45, 7) is 6.46. The van der Waals surface area contributed by atoms with Crippen LogP contribution in [0.1, 0.15) is 323 Å². The first-order valence-corrected chi connectivity index (χ1v) is 34.5. The Morgan fingerprint density at radius 3 is 0.793 bits per heavy atom. The van der Waals surface area contributed by atoms with Crippen LogP contribution < -0.4 is 0 Å². The van der Waals surface area contributed by atoms with Crippen LogP contribution in [0, 0.1) is 0 Å². The van der Waals surface area contributed by atoms with Crippen LogP contribution in [0.4, 0.5) is 0 Å². The molecule has 0 amide bonds. The number of rotatable bonds is 62.